The number of aromatic nitrogens is 1. The first-order valence-electron chi connectivity index (χ1n) is 5.26. The zero-order valence-corrected chi connectivity index (χ0v) is 9.25. The van der Waals surface area contributed by atoms with Crippen molar-refractivity contribution < 1.29 is 9.26 Å². The fourth-order valence-electron chi connectivity index (χ4n) is 1.63. The fourth-order valence-corrected chi connectivity index (χ4v) is 1.63. The van der Waals surface area contributed by atoms with E-state index < -0.39 is 0 Å². The summed E-state index contributed by atoms with van der Waals surface area (Å²) in [4.78, 5) is 0. The maximum atomic E-state index is 5.29. The molecule has 0 saturated carbocycles. The lowest BCUT2D eigenvalue weighted by Gasteiger charge is -2.08. The van der Waals surface area contributed by atoms with Crippen LogP contribution in [0.4, 0.5) is 0 Å². The standard InChI is InChI=1S/C11H19NO2/c1-4-6-9(5-2)11-7-10(8-13-3)12-14-11/h7,9H,4-6,8H2,1-3H3. The van der Waals surface area contributed by atoms with E-state index in [1.165, 1.54) is 6.42 Å². The Morgan fingerprint density at radius 3 is 2.86 bits per heavy atom. The normalized spacial score (nSPS) is 13.1. The second-order valence-corrected chi connectivity index (χ2v) is 3.55. The molecule has 0 aliphatic carbocycles. The van der Waals surface area contributed by atoms with Crippen LogP contribution in [0.5, 0.6) is 0 Å². The van der Waals surface area contributed by atoms with E-state index in [1.54, 1.807) is 7.11 Å². The molecule has 0 spiro atoms. The van der Waals surface area contributed by atoms with E-state index in [-0.39, 0.29) is 0 Å². The van der Waals surface area contributed by atoms with Gasteiger partial charge in [-0.3, -0.25) is 0 Å². The largest absolute Gasteiger partial charge is 0.378 e. The summed E-state index contributed by atoms with van der Waals surface area (Å²) in [6.45, 7) is 4.90. The van der Waals surface area contributed by atoms with Crippen LogP contribution in [0.2, 0.25) is 0 Å². The van der Waals surface area contributed by atoms with Gasteiger partial charge in [0, 0.05) is 19.1 Å². The molecule has 80 valence electrons. The van der Waals surface area contributed by atoms with Crippen molar-refractivity contribution in [2.75, 3.05) is 7.11 Å². The summed E-state index contributed by atoms with van der Waals surface area (Å²) < 4.78 is 10.3. The van der Waals surface area contributed by atoms with E-state index >= 15 is 0 Å². The Bertz CT molecular complexity index is 258. The van der Waals surface area contributed by atoms with Gasteiger partial charge < -0.3 is 9.26 Å². The highest BCUT2D eigenvalue weighted by atomic mass is 16.5. The van der Waals surface area contributed by atoms with Crippen molar-refractivity contribution in [1.82, 2.24) is 5.16 Å². The molecule has 0 saturated heterocycles. The van der Waals surface area contributed by atoms with E-state index in [9.17, 15) is 0 Å². The van der Waals surface area contributed by atoms with E-state index in [1.807, 2.05) is 6.07 Å². The van der Waals surface area contributed by atoms with Crippen molar-refractivity contribution in [3.05, 3.63) is 17.5 Å². The summed E-state index contributed by atoms with van der Waals surface area (Å²) in [7, 11) is 1.66. The van der Waals surface area contributed by atoms with Crippen LogP contribution >= 0.6 is 0 Å². The molecule has 0 fully saturated rings. The number of hydrogen-bond acceptors (Lipinski definition) is 3. The monoisotopic (exact) mass is 197 g/mol. The minimum atomic E-state index is 0.512. The first-order valence-corrected chi connectivity index (χ1v) is 5.26. The summed E-state index contributed by atoms with van der Waals surface area (Å²) in [5.74, 6) is 1.51. The molecule has 0 bridgehead atoms. The number of nitrogens with zero attached hydrogens (tertiary/aromatic N) is 1. The van der Waals surface area contributed by atoms with Crippen molar-refractivity contribution in [1.29, 1.82) is 0 Å². The molecule has 1 heterocycles. The minimum absolute atomic E-state index is 0.512. The predicted octanol–water partition coefficient (Wildman–Crippen LogP) is 3.11. The van der Waals surface area contributed by atoms with Crippen LogP contribution in [0, 0.1) is 0 Å². The fraction of sp³-hybridized carbons (Fsp3) is 0.727. The Hall–Kier alpha value is -0.830. The van der Waals surface area contributed by atoms with Gasteiger partial charge in [0.25, 0.3) is 0 Å². The molecule has 1 rings (SSSR count). The topological polar surface area (TPSA) is 35.3 Å². The molecule has 3 nitrogen and oxygen atoms in total. The van der Waals surface area contributed by atoms with Gasteiger partial charge in [-0.25, -0.2) is 0 Å². The average molecular weight is 197 g/mol. The van der Waals surface area contributed by atoms with Crippen LogP contribution in [0.15, 0.2) is 10.6 Å². The van der Waals surface area contributed by atoms with Crippen molar-refractivity contribution in [3.63, 3.8) is 0 Å². The lowest BCUT2D eigenvalue weighted by Crippen LogP contribution is -1.94. The molecule has 0 amide bonds. The molecule has 0 N–H and O–H groups in total. The molecular formula is C11H19NO2. The summed E-state index contributed by atoms with van der Waals surface area (Å²) in [5, 5.41) is 3.96. The molecule has 1 aromatic heterocycles. The van der Waals surface area contributed by atoms with Crippen molar-refractivity contribution >= 4 is 0 Å². The van der Waals surface area contributed by atoms with Gasteiger partial charge in [-0.05, 0) is 12.8 Å². The van der Waals surface area contributed by atoms with Crippen LogP contribution in [0.1, 0.15) is 50.5 Å². The van der Waals surface area contributed by atoms with Gasteiger partial charge in [0.05, 0.1) is 6.61 Å². The quantitative estimate of drug-likeness (QED) is 0.702. The Morgan fingerprint density at radius 2 is 2.29 bits per heavy atom. The van der Waals surface area contributed by atoms with Crippen LogP contribution in [-0.2, 0) is 11.3 Å². The Morgan fingerprint density at radius 1 is 1.50 bits per heavy atom. The third kappa shape index (κ3) is 2.84. The maximum absolute atomic E-state index is 5.29. The van der Waals surface area contributed by atoms with Crippen molar-refractivity contribution in [2.24, 2.45) is 0 Å². The summed E-state index contributed by atoms with van der Waals surface area (Å²) in [5.41, 5.74) is 0.886. The highest BCUT2D eigenvalue weighted by Crippen LogP contribution is 2.25. The SMILES string of the molecule is CCCC(CC)c1cc(COC)no1. The maximum Gasteiger partial charge on any atom is 0.140 e. The Labute approximate surface area is 85.4 Å². The molecule has 0 aliphatic heterocycles. The second-order valence-electron chi connectivity index (χ2n) is 3.55. The van der Waals surface area contributed by atoms with E-state index in [4.69, 9.17) is 9.26 Å². The number of rotatable bonds is 6. The molecule has 1 atom stereocenters. The highest BCUT2D eigenvalue weighted by Gasteiger charge is 2.14. The lowest BCUT2D eigenvalue weighted by molar-refractivity contribution is 0.177. The van der Waals surface area contributed by atoms with Crippen molar-refractivity contribution in [2.45, 2.75) is 45.6 Å². The molecular weight excluding hydrogens is 178 g/mol. The first kappa shape index (κ1) is 11.2. The van der Waals surface area contributed by atoms with E-state index in [2.05, 4.69) is 19.0 Å². The van der Waals surface area contributed by atoms with Crippen LogP contribution < -0.4 is 0 Å². The third-order valence-corrected chi connectivity index (χ3v) is 2.40. The van der Waals surface area contributed by atoms with Crippen LogP contribution in [-0.4, -0.2) is 12.3 Å². The number of methoxy groups -OCH3 is 1. The summed E-state index contributed by atoms with van der Waals surface area (Å²) in [6, 6.07) is 2.01. The van der Waals surface area contributed by atoms with Crippen LogP contribution in [0.3, 0.4) is 0 Å². The molecule has 3 heteroatoms. The van der Waals surface area contributed by atoms with Gasteiger partial charge in [0.2, 0.25) is 0 Å². The zero-order chi connectivity index (χ0) is 10.4. The minimum Gasteiger partial charge on any atom is -0.378 e. The third-order valence-electron chi connectivity index (χ3n) is 2.40. The smallest absolute Gasteiger partial charge is 0.140 e. The zero-order valence-electron chi connectivity index (χ0n) is 9.25. The number of hydrogen-bond donors (Lipinski definition) is 0. The molecule has 0 radical (unpaired) electrons. The summed E-state index contributed by atoms with van der Waals surface area (Å²) >= 11 is 0. The van der Waals surface area contributed by atoms with Gasteiger partial charge in [0.15, 0.2) is 0 Å². The van der Waals surface area contributed by atoms with E-state index in [0.29, 0.717) is 12.5 Å². The van der Waals surface area contributed by atoms with Gasteiger partial charge in [-0.1, -0.05) is 25.4 Å². The Balaban J connectivity index is 2.63. The molecule has 0 aromatic carbocycles. The summed E-state index contributed by atoms with van der Waals surface area (Å²) in [6.07, 6.45) is 3.45. The molecule has 1 aromatic rings. The second kappa shape index (κ2) is 5.81. The van der Waals surface area contributed by atoms with Gasteiger partial charge in [-0.15, -0.1) is 0 Å². The average Bonchev–Trinajstić information content (AvgIpc) is 2.63. The van der Waals surface area contributed by atoms with Crippen LogP contribution in [0.25, 0.3) is 0 Å². The number of ether oxygens (including phenoxy) is 1. The van der Waals surface area contributed by atoms with Gasteiger partial charge in [0.1, 0.15) is 11.5 Å². The predicted molar refractivity (Wildman–Crippen MR) is 55.2 cm³/mol. The van der Waals surface area contributed by atoms with Gasteiger partial charge >= 0.3 is 0 Å². The van der Waals surface area contributed by atoms with Crippen molar-refractivity contribution in [3.8, 4) is 0 Å². The lowest BCUT2D eigenvalue weighted by atomic mass is 9.98. The molecule has 1 unspecified atom stereocenters. The van der Waals surface area contributed by atoms with Gasteiger partial charge in [-0.2, -0.15) is 0 Å². The molecule has 0 aliphatic rings. The molecule has 14 heavy (non-hydrogen) atoms. The van der Waals surface area contributed by atoms with E-state index in [0.717, 1.165) is 24.3 Å². The highest BCUT2D eigenvalue weighted by molar-refractivity contribution is 5.09. The first-order chi connectivity index (χ1) is 6.81. The Kier molecular flexibility index (Phi) is 4.66.